The van der Waals surface area contributed by atoms with Crippen molar-refractivity contribution in [2.24, 2.45) is 0 Å². The molecule has 4 heteroatoms. The Bertz CT molecular complexity index is 416. The summed E-state index contributed by atoms with van der Waals surface area (Å²) < 4.78 is 5.42. The third-order valence-corrected chi connectivity index (χ3v) is 3.58. The lowest BCUT2D eigenvalue weighted by molar-refractivity contribution is -0.136. The van der Waals surface area contributed by atoms with Gasteiger partial charge in [0.15, 0.2) is 0 Å². The number of carbonyl (C=O) groups is 1. The number of piperidine rings is 1. The van der Waals surface area contributed by atoms with Crippen LogP contribution in [0.3, 0.4) is 0 Å². The van der Waals surface area contributed by atoms with Gasteiger partial charge in [0.1, 0.15) is 0 Å². The van der Waals surface area contributed by atoms with Gasteiger partial charge in [-0.2, -0.15) is 0 Å². The van der Waals surface area contributed by atoms with Gasteiger partial charge in [-0.15, -0.1) is 0 Å². The number of carboxylic acid groups (broad SMARTS) is 1. The van der Waals surface area contributed by atoms with Gasteiger partial charge in [-0.3, -0.25) is 9.69 Å². The number of likely N-dealkylation sites (tertiary alicyclic amines) is 1. The fourth-order valence-electron chi connectivity index (χ4n) is 2.54. The Morgan fingerprint density at radius 3 is 2.68 bits per heavy atom. The van der Waals surface area contributed by atoms with Crippen molar-refractivity contribution >= 4 is 5.97 Å². The predicted molar refractivity (Wildman–Crippen MR) is 73.1 cm³/mol. The van der Waals surface area contributed by atoms with E-state index < -0.39 is 5.97 Å². The van der Waals surface area contributed by atoms with Gasteiger partial charge in [-0.25, -0.2) is 0 Å². The van der Waals surface area contributed by atoms with E-state index in [1.165, 1.54) is 12.0 Å². The molecule has 0 amide bonds. The number of ether oxygens (including phenoxy) is 1. The normalized spacial score (nSPS) is 20.4. The lowest BCUT2D eigenvalue weighted by Gasteiger charge is -2.31. The highest BCUT2D eigenvalue weighted by Crippen LogP contribution is 2.16. The minimum atomic E-state index is -0.785. The predicted octanol–water partition coefficient (Wildman–Crippen LogP) is 1.92. The Kier molecular flexibility index (Phi) is 4.93. The quantitative estimate of drug-likeness (QED) is 0.882. The van der Waals surface area contributed by atoms with Crippen LogP contribution in [0.1, 0.15) is 24.0 Å². The maximum atomic E-state index is 10.6. The lowest BCUT2D eigenvalue weighted by atomic mass is 10.1. The van der Waals surface area contributed by atoms with E-state index in [0.717, 1.165) is 31.6 Å². The molecule has 1 aromatic carbocycles. The zero-order valence-electron chi connectivity index (χ0n) is 11.3. The molecule has 1 atom stereocenters. The van der Waals surface area contributed by atoms with Crippen LogP contribution in [0.2, 0.25) is 0 Å². The Balaban J connectivity index is 1.90. The molecule has 0 spiro atoms. The van der Waals surface area contributed by atoms with Crippen LogP contribution < -0.4 is 0 Å². The van der Waals surface area contributed by atoms with E-state index in [1.807, 2.05) is 24.3 Å². The first-order chi connectivity index (χ1) is 9.17. The van der Waals surface area contributed by atoms with Crippen LogP contribution in [0.4, 0.5) is 0 Å². The summed E-state index contributed by atoms with van der Waals surface area (Å²) in [6, 6.07) is 7.85. The molecule has 4 nitrogen and oxygen atoms in total. The molecule has 0 bridgehead atoms. The molecule has 1 N–H and O–H groups in total. The maximum absolute atomic E-state index is 10.6. The zero-order chi connectivity index (χ0) is 13.7. The number of aliphatic carboxylic acids is 1. The average Bonchev–Trinajstić information content (AvgIpc) is 2.41. The van der Waals surface area contributed by atoms with Crippen molar-refractivity contribution in [3.63, 3.8) is 0 Å². The zero-order valence-corrected chi connectivity index (χ0v) is 11.3. The van der Waals surface area contributed by atoms with Crippen LogP contribution in [-0.2, 0) is 22.5 Å². The molecule has 0 aliphatic carbocycles. The number of hydrogen-bond donors (Lipinski definition) is 1. The van der Waals surface area contributed by atoms with Gasteiger partial charge < -0.3 is 9.84 Å². The van der Waals surface area contributed by atoms with Gasteiger partial charge >= 0.3 is 5.97 Å². The molecule has 1 saturated heterocycles. The Hall–Kier alpha value is -1.39. The van der Waals surface area contributed by atoms with E-state index >= 15 is 0 Å². The average molecular weight is 263 g/mol. The summed E-state index contributed by atoms with van der Waals surface area (Å²) in [4.78, 5) is 13.0. The SMILES string of the molecule is COC1CCCN(Cc2ccc(CC(=O)O)cc2)C1. The standard InChI is InChI=1S/C15H21NO3/c1-19-14-3-2-8-16(11-14)10-13-6-4-12(5-7-13)9-15(17)18/h4-7,14H,2-3,8-11H2,1H3,(H,17,18). The molecule has 1 aromatic rings. The van der Waals surface area contributed by atoms with Crippen LogP contribution in [0.25, 0.3) is 0 Å². The largest absolute Gasteiger partial charge is 0.481 e. The van der Waals surface area contributed by atoms with Gasteiger partial charge in [-0.1, -0.05) is 24.3 Å². The summed E-state index contributed by atoms with van der Waals surface area (Å²) in [5.74, 6) is -0.785. The molecule has 1 aliphatic rings. The highest BCUT2D eigenvalue weighted by Gasteiger charge is 2.19. The number of carboxylic acids is 1. The summed E-state index contributed by atoms with van der Waals surface area (Å²) in [5, 5.41) is 8.73. The number of nitrogens with zero attached hydrogens (tertiary/aromatic N) is 1. The second kappa shape index (κ2) is 6.68. The number of methoxy groups -OCH3 is 1. The molecule has 1 aliphatic heterocycles. The summed E-state index contributed by atoms with van der Waals surface area (Å²) >= 11 is 0. The molecule has 0 aromatic heterocycles. The Labute approximate surface area is 114 Å². The van der Waals surface area contributed by atoms with Crippen molar-refractivity contribution in [3.05, 3.63) is 35.4 Å². The van der Waals surface area contributed by atoms with E-state index in [9.17, 15) is 4.79 Å². The molecule has 19 heavy (non-hydrogen) atoms. The summed E-state index contributed by atoms with van der Waals surface area (Å²) in [6.07, 6.45) is 2.76. The van der Waals surface area contributed by atoms with Gasteiger partial charge in [0.2, 0.25) is 0 Å². The van der Waals surface area contributed by atoms with Gasteiger partial charge in [0, 0.05) is 20.2 Å². The van der Waals surface area contributed by atoms with Crippen LogP contribution in [0.5, 0.6) is 0 Å². The van der Waals surface area contributed by atoms with Crippen LogP contribution in [-0.4, -0.2) is 42.3 Å². The highest BCUT2D eigenvalue weighted by molar-refractivity contribution is 5.70. The fraction of sp³-hybridized carbons (Fsp3) is 0.533. The van der Waals surface area contributed by atoms with Gasteiger partial charge in [-0.05, 0) is 30.5 Å². The highest BCUT2D eigenvalue weighted by atomic mass is 16.5. The first-order valence-corrected chi connectivity index (χ1v) is 6.72. The van der Waals surface area contributed by atoms with Crippen molar-refractivity contribution in [2.75, 3.05) is 20.2 Å². The van der Waals surface area contributed by atoms with E-state index in [1.54, 1.807) is 7.11 Å². The van der Waals surface area contributed by atoms with E-state index in [4.69, 9.17) is 9.84 Å². The summed E-state index contributed by atoms with van der Waals surface area (Å²) in [5.41, 5.74) is 2.08. The van der Waals surface area contributed by atoms with Crippen molar-refractivity contribution in [1.29, 1.82) is 0 Å². The Morgan fingerprint density at radius 2 is 2.05 bits per heavy atom. The van der Waals surface area contributed by atoms with E-state index in [0.29, 0.717) is 6.10 Å². The first kappa shape index (κ1) is 14.0. The molecular formula is C15H21NO3. The van der Waals surface area contributed by atoms with Crippen molar-refractivity contribution in [2.45, 2.75) is 31.9 Å². The van der Waals surface area contributed by atoms with Crippen LogP contribution in [0.15, 0.2) is 24.3 Å². The molecule has 1 heterocycles. The van der Waals surface area contributed by atoms with Crippen molar-refractivity contribution in [1.82, 2.24) is 4.90 Å². The molecule has 1 unspecified atom stereocenters. The van der Waals surface area contributed by atoms with Gasteiger partial charge in [0.05, 0.1) is 12.5 Å². The van der Waals surface area contributed by atoms with Crippen LogP contribution >= 0.6 is 0 Å². The maximum Gasteiger partial charge on any atom is 0.307 e. The van der Waals surface area contributed by atoms with E-state index in [-0.39, 0.29) is 6.42 Å². The fourth-order valence-corrected chi connectivity index (χ4v) is 2.54. The first-order valence-electron chi connectivity index (χ1n) is 6.72. The molecule has 0 saturated carbocycles. The van der Waals surface area contributed by atoms with Crippen molar-refractivity contribution in [3.8, 4) is 0 Å². The molecular weight excluding hydrogens is 242 g/mol. The van der Waals surface area contributed by atoms with E-state index in [2.05, 4.69) is 4.90 Å². The minimum Gasteiger partial charge on any atom is -0.481 e. The molecule has 2 rings (SSSR count). The smallest absolute Gasteiger partial charge is 0.307 e. The molecule has 0 radical (unpaired) electrons. The summed E-state index contributed by atoms with van der Waals surface area (Å²) in [7, 11) is 1.77. The monoisotopic (exact) mass is 263 g/mol. The van der Waals surface area contributed by atoms with Crippen molar-refractivity contribution < 1.29 is 14.6 Å². The third-order valence-electron chi connectivity index (χ3n) is 3.58. The topological polar surface area (TPSA) is 49.8 Å². The van der Waals surface area contributed by atoms with Gasteiger partial charge in [0.25, 0.3) is 0 Å². The lowest BCUT2D eigenvalue weighted by Crippen LogP contribution is -2.38. The molecule has 1 fully saturated rings. The number of rotatable bonds is 5. The molecule has 104 valence electrons. The number of hydrogen-bond acceptors (Lipinski definition) is 3. The Morgan fingerprint density at radius 1 is 1.37 bits per heavy atom. The minimum absolute atomic E-state index is 0.0930. The number of benzene rings is 1. The second-order valence-electron chi connectivity index (χ2n) is 5.12. The summed E-state index contributed by atoms with van der Waals surface area (Å²) in [6.45, 7) is 3.00. The second-order valence-corrected chi connectivity index (χ2v) is 5.12. The van der Waals surface area contributed by atoms with Crippen LogP contribution in [0, 0.1) is 0 Å². The third kappa shape index (κ3) is 4.33.